The predicted molar refractivity (Wildman–Crippen MR) is 63.0 cm³/mol. The van der Waals surface area contributed by atoms with Crippen molar-refractivity contribution in [3.8, 4) is 0 Å². The number of carbonyl (C=O) groups excluding carboxylic acids is 2. The monoisotopic (exact) mass is 243 g/mol. The summed E-state index contributed by atoms with van der Waals surface area (Å²) in [6.45, 7) is 4.44. The summed E-state index contributed by atoms with van der Waals surface area (Å²) in [6, 6.07) is 0. The Kier molecular flexibility index (Phi) is 4.11. The molecule has 0 spiro atoms. The number of nitrogens with one attached hydrogen (secondary N) is 1. The Balaban J connectivity index is 2.76. The fourth-order valence-electron chi connectivity index (χ4n) is 1.76. The molecule has 0 radical (unpaired) electrons. The van der Waals surface area contributed by atoms with Gasteiger partial charge >= 0.3 is 0 Å². The summed E-state index contributed by atoms with van der Waals surface area (Å²) >= 11 is 0. The molecule has 1 saturated heterocycles. The first-order valence-electron chi connectivity index (χ1n) is 5.74. The van der Waals surface area contributed by atoms with Gasteiger partial charge in [0.05, 0.1) is 5.41 Å². The van der Waals surface area contributed by atoms with Gasteiger partial charge in [-0.1, -0.05) is 0 Å². The molecule has 0 atom stereocenters. The summed E-state index contributed by atoms with van der Waals surface area (Å²) < 4.78 is 5.23. The molecule has 0 bridgehead atoms. The highest BCUT2D eigenvalue weighted by Crippen LogP contribution is 2.30. The SMILES string of the molecule is CC(C)(NC(=O)C1(CN)CCOCC1)C(N)=O. The summed E-state index contributed by atoms with van der Waals surface area (Å²) in [6.07, 6.45) is 1.15. The van der Waals surface area contributed by atoms with Crippen molar-refractivity contribution >= 4 is 11.8 Å². The van der Waals surface area contributed by atoms with Crippen molar-refractivity contribution in [1.29, 1.82) is 0 Å². The van der Waals surface area contributed by atoms with E-state index in [2.05, 4.69) is 5.32 Å². The van der Waals surface area contributed by atoms with Crippen LogP contribution in [-0.2, 0) is 14.3 Å². The van der Waals surface area contributed by atoms with Crippen molar-refractivity contribution in [2.24, 2.45) is 16.9 Å². The number of primary amides is 1. The maximum atomic E-state index is 12.2. The average molecular weight is 243 g/mol. The highest BCUT2D eigenvalue weighted by atomic mass is 16.5. The summed E-state index contributed by atoms with van der Waals surface area (Å²) in [4.78, 5) is 23.4. The van der Waals surface area contributed by atoms with Crippen LogP contribution in [0, 0.1) is 5.41 Å². The molecule has 2 amide bonds. The second kappa shape index (κ2) is 5.01. The van der Waals surface area contributed by atoms with Gasteiger partial charge in [0.25, 0.3) is 0 Å². The van der Waals surface area contributed by atoms with Crippen LogP contribution in [0.25, 0.3) is 0 Å². The lowest BCUT2D eigenvalue weighted by atomic mass is 9.78. The lowest BCUT2D eigenvalue weighted by Crippen LogP contribution is -2.59. The topological polar surface area (TPSA) is 107 Å². The number of amides is 2. The Morgan fingerprint density at radius 2 is 1.88 bits per heavy atom. The minimum absolute atomic E-state index is 0.216. The molecule has 1 aliphatic heterocycles. The van der Waals surface area contributed by atoms with E-state index in [4.69, 9.17) is 16.2 Å². The summed E-state index contributed by atoms with van der Waals surface area (Å²) in [7, 11) is 0. The molecule has 0 unspecified atom stereocenters. The summed E-state index contributed by atoms with van der Waals surface area (Å²) in [5, 5.41) is 2.67. The second-order valence-corrected chi connectivity index (χ2v) is 5.04. The van der Waals surface area contributed by atoms with Crippen LogP contribution in [0.5, 0.6) is 0 Å². The Labute approximate surface area is 101 Å². The largest absolute Gasteiger partial charge is 0.381 e. The molecule has 98 valence electrons. The molecule has 1 fully saturated rings. The van der Waals surface area contributed by atoms with E-state index in [0.717, 1.165) is 0 Å². The van der Waals surface area contributed by atoms with Gasteiger partial charge in [-0.2, -0.15) is 0 Å². The molecule has 17 heavy (non-hydrogen) atoms. The van der Waals surface area contributed by atoms with Crippen molar-refractivity contribution in [3.05, 3.63) is 0 Å². The van der Waals surface area contributed by atoms with E-state index in [1.165, 1.54) is 0 Å². The van der Waals surface area contributed by atoms with Gasteiger partial charge in [0, 0.05) is 19.8 Å². The van der Waals surface area contributed by atoms with Crippen molar-refractivity contribution < 1.29 is 14.3 Å². The zero-order chi connectivity index (χ0) is 13.1. The van der Waals surface area contributed by atoms with Crippen LogP contribution < -0.4 is 16.8 Å². The quantitative estimate of drug-likeness (QED) is 0.596. The third kappa shape index (κ3) is 2.95. The standard InChI is InChI=1S/C11H21N3O3/c1-10(2,8(13)15)14-9(16)11(7-12)3-5-17-6-4-11/h3-7,12H2,1-2H3,(H2,13,15)(H,14,16). The normalized spacial score (nSPS) is 19.7. The Hall–Kier alpha value is -1.14. The van der Waals surface area contributed by atoms with Gasteiger partial charge in [0.1, 0.15) is 5.54 Å². The molecular formula is C11H21N3O3. The highest BCUT2D eigenvalue weighted by Gasteiger charge is 2.41. The van der Waals surface area contributed by atoms with Gasteiger partial charge in [0.2, 0.25) is 11.8 Å². The van der Waals surface area contributed by atoms with E-state index in [1.54, 1.807) is 13.8 Å². The lowest BCUT2D eigenvalue weighted by Gasteiger charge is -2.37. The van der Waals surface area contributed by atoms with Crippen LogP contribution >= 0.6 is 0 Å². The predicted octanol–water partition coefficient (Wildman–Crippen LogP) is -0.878. The maximum Gasteiger partial charge on any atom is 0.242 e. The molecule has 0 aromatic rings. The smallest absolute Gasteiger partial charge is 0.242 e. The first-order valence-corrected chi connectivity index (χ1v) is 5.74. The number of hydrogen-bond donors (Lipinski definition) is 3. The molecule has 0 saturated carbocycles. The Bertz CT molecular complexity index is 309. The van der Waals surface area contributed by atoms with Crippen LogP contribution in [0.3, 0.4) is 0 Å². The first kappa shape index (κ1) is 13.9. The minimum Gasteiger partial charge on any atom is -0.381 e. The van der Waals surface area contributed by atoms with Gasteiger partial charge in [-0.05, 0) is 26.7 Å². The number of ether oxygens (including phenoxy) is 1. The van der Waals surface area contributed by atoms with E-state index in [1.807, 2.05) is 0 Å². The molecule has 0 aromatic heterocycles. The fraction of sp³-hybridized carbons (Fsp3) is 0.818. The average Bonchev–Trinajstić information content (AvgIpc) is 2.29. The first-order chi connectivity index (χ1) is 7.84. The summed E-state index contributed by atoms with van der Waals surface area (Å²) in [5.74, 6) is -0.780. The zero-order valence-corrected chi connectivity index (χ0v) is 10.4. The molecule has 0 aliphatic carbocycles. The third-order valence-electron chi connectivity index (χ3n) is 3.36. The summed E-state index contributed by atoms with van der Waals surface area (Å²) in [5.41, 5.74) is 9.23. The molecule has 1 rings (SSSR count). The van der Waals surface area contributed by atoms with Crippen LogP contribution in [-0.4, -0.2) is 37.1 Å². The number of nitrogens with two attached hydrogens (primary N) is 2. The molecule has 6 heteroatoms. The van der Waals surface area contributed by atoms with E-state index < -0.39 is 16.9 Å². The number of carbonyl (C=O) groups is 2. The Morgan fingerprint density at radius 3 is 2.29 bits per heavy atom. The van der Waals surface area contributed by atoms with Gasteiger partial charge in [0.15, 0.2) is 0 Å². The van der Waals surface area contributed by atoms with Crippen LogP contribution in [0.4, 0.5) is 0 Å². The van der Waals surface area contributed by atoms with Crippen LogP contribution in [0.2, 0.25) is 0 Å². The van der Waals surface area contributed by atoms with Gasteiger partial charge in [-0.25, -0.2) is 0 Å². The molecule has 1 aliphatic rings. The minimum atomic E-state index is -1.06. The molecule has 1 heterocycles. The molecular weight excluding hydrogens is 222 g/mol. The third-order valence-corrected chi connectivity index (χ3v) is 3.36. The van der Waals surface area contributed by atoms with Gasteiger partial charge in [-0.15, -0.1) is 0 Å². The number of rotatable bonds is 4. The van der Waals surface area contributed by atoms with Crippen LogP contribution in [0.15, 0.2) is 0 Å². The van der Waals surface area contributed by atoms with E-state index in [0.29, 0.717) is 26.1 Å². The zero-order valence-electron chi connectivity index (χ0n) is 10.4. The Morgan fingerprint density at radius 1 is 1.35 bits per heavy atom. The van der Waals surface area contributed by atoms with Crippen molar-refractivity contribution in [2.75, 3.05) is 19.8 Å². The second-order valence-electron chi connectivity index (χ2n) is 5.04. The molecule has 5 N–H and O–H groups in total. The highest BCUT2D eigenvalue weighted by molar-refractivity contribution is 5.92. The van der Waals surface area contributed by atoms with Crippen molar-refractivity contribution in [2.45, 2.75) is 32.2 Å². The lowest BCUT2D eigenvalue weighted by molar-refractivity contribution is -0.140. The van der Waals surface area contributed by atoms with E-state index in [-0.39, 0.29) is 12.5 Å². The van der Waals surface area contributed by atoms with Crippen molar-refractivity contribution in [3.63, 3.8) is 0 Å². The number of hydrogen-bond acceptors (Lipinski definition) is 4. The van der Waals surface area contributed by atoms with Crippen molar-refractivity contribution in [1.82, 2.24) is 5.32 Å². The molecule has 0 aromatic carbocycles. The fourth-order valence-corrected chi connectivity index (χ4v) is 1.76. The van der Waals surface area contributed by atoms with Gasteiger partial charge in [-0.3, -0.25) is 9.59 Å². The van der Waals surface area contributed by atoms with E-state index in [9.17, 15) is 9.59 Å². The van der Waals surface area contributed by atoms with Crippen LogP contribution in [0.1, 0.15) is 26.7 Å². The van der Waals surface area contributed by atoms with Gasteiger partial charge < -0.3 is 21.5 Å². The van der Waals surface area contributed by atoms with E-state index >= 15 is 0 Å². The molecule has 6 nitrogen and oxygen atoms in total. The maximum absolute atomic E-state index is 12.2.